The average Bonchev–Trinajstić information content (AvgIpc) is 2.62. The molecular formula is C16H28O2. The molecule has 0 aromatic carbocycles. The summed E-state index contributed by atoms with van der Waals surface area (Å²) >= 11 is 0. The molecule has 0 unspecified atom stereocenters. The van der Waals surface area contributed by atoms with Crippen LogP contribution in [0.5, 0.6) is 0 Å². The van der Waals surface area contributed by atoms with Crippen LogP contribution < -0.4 is 0 Å². The SMILES string of the molecule is CCCCCC(=O)O[C@H]1C[C@@H]2CC[C@]1(C)C2(C)C. The van der Waals surface area contributed by atoms with E-state index in [1.165, 1.54) is 12.8 Å². The van der Waals surface area contributed by atoms with Crippen molar-refractivity contribution in [1.82, 2.24) is 0 Å². The van der Waals surface area contributed by atoms with Crippen LogP contribution in [0.3, 0.4) is 0 Å². The summed E-state index contributed by atoms with van der Waals surface area (Å²) in [5.41, 5.74) is 0.541. The molecule has 0 spiro atoms. The van der Waals surface area contributed by atoms with E-state index >= 15 is 0 Å². The van der Waals surface area contributed by atoms with E-state index in [1.54, 1.807) is 0 Å². The first-order valence-corrected chi connectivity index (χ1v) is 7.61. The molecule has 0 aliphatic heterocycles. The first kappa shape index (κ1) is 13.9. The van der Waals surface area contributed by atoms with Gasteiger partial charge in [-0.1, -0.05) is 40.5 Å². The number of fused-ring (bicyclic) bond motifs is 2. The Bertz CT molecular complexity index is 321. The molecule has 2 aliphatic rings. The molecular weight excluding hydrogens is 224 g/mol. The van der Waals surface area contributed by atoms with Crippen LogP contribution in [0.15, 0.2) is 0 Å². The van der Waals surface area contributed by atoms with Gasteiger partial charge < -0.3 is 4.74 Å². The van der Waals surface area contributed by atoms with Crippen LogP contribution in [0, 0.1) is 16.7 Å². The first-order valence-electron chi connectivity index (χ1n) is 7.61. The fourth-order valence-corrected chi connectivity index (χ4v) is 4.05. The normalized spacial score (nSPS) is 36.9. The molecule has 2 nitrogen and oxygen atoms in total. The molecule has 0 aromatic rings. The van der Waals surface area contributed by atoms with Crippen LogP contribution in [0.2, 0.25) is 0 Å². The van der Waals surface area contributed by atoms with Gasteiger partial charge in [0.1, 0.15) is 6.10 Å². The highest BCUT2D eigenvalue weighted by Gasteiger charge is 2.62. The Hall–Kier alpha value is -0.530. The van der Waals surface area contributed by atoms with Crippen molar-refractivity contribution in [3.63, 3.8) is 0 Å². The number of unbranched alkanes of at least 4 members (excludes halogenated alkanes) is 2. The van der Waals surface area contributed by atoms with E-state index in [1.807, 2.05) is 0 Å². The highest BCUT2D eigenvalue weighted by atomic mass is 16.5. The number of hydrogen-bond acceptors (Lipinski definition) is 2. The lowest BCUT2D eigenvalue weighted by Crippen LogP contribution is -2.38. The third-order valence-corrected chi connectivity index (χ3v) is 5.97. The molecule has 2 rings (SSSR count). The van der Waals surface area contributed by atoms with E-state index in [2.05, 4.69) is 27.7 Å². The van der Waals surface area contributed by atoms with E-state index in [9.17, 15) is 4.79 Å². The quantitative estimate of drug-likeness (QED) is 0.538. The van der Waals surface area contributed by atoms with Crippen molar-refractivity contribution in [2.45, 2.75) is 78.7 Å². The Balaban J connectivity index is 1.90. The van der Waals surface area contributed by atoms with E-state index in [0.717, 1.165) is 31.6 Å². The van der Waals surface area contributed by atoms with Crippen molar-refractivity contribution >= 4 is 5.97 Å². The summed E-state index contributed by atoms with van der Waals surface area (Å²) in [6.07, 6.45) is 7.65. The fourth-order valence-electron chi connectivity index (χ4n) is 4.05. The van der Waals surface area contributed by atoms with Crippen molar-refractivity contribution in [3.8, 4) is 0 Å². The Kier molecular flexibility index (Phi) is 3.75. The molecule has 3 atom stereocenters. The molecule has 2 aliphatic carbocycles. The molecule has 0 amide bonds. The largest absolute Gasteiger partial charge is 0.462 e. The van der Waals surface area contributed by atoms with Gasteiger partial charge in [0.15, 0.2) is 0 Å². The maximum absolute atomic E-state index is 11.9. The summed E-state index contributed by atoms with van der Waals surface area (Å²) in [4.78, 5) is 11.9. The number of hydrogen-bond donors (Lipinski definition) is 0. The van der Waals surface area contributed by atoms with Crippen LogP contribution in [-0.4, -0.2) is 12.1 Å². The van der Waals surface area contributed by atoms with Crippen LogP contribution >= 0.6 is 0 Å². The zero-order chi connectivity index (χ0) is 13.4. The Morgan fingerprint density at radius 1 is 1.28 bits per heavy atom. The van der Waals surface area contributed by atoms with Gasteiger partial charge in [-0.25, -0.2) is 0 Å². The van der Waals surface area contributed by atoms with Gasteiger partial charge >= 0.3 is 5.97 Å². The van der Waals surface area contributed by atoms with Crippen molar-refractivity contribution in [2.75, 3.05) is 0 Å². The molecule has 2 bridgehead atoms. The summed E-state index contributed by atoms with van der Waals surface area (Å²) in [6.45, 7) is 9.19. The summed E-state index contributed by atoms with van der Waals surface area (Å²) in [5.74, 6) is 0.772. The molecule has 2 saturated carbocycles. The second-order valence-electron chi connectivity index (χ2n) is 7.05. The number of carbonyl (C=O) groups is 1. The van der Waals surface area contributed by atoms with Crippen molar-refractivity contribution < 1.29 is 9.53 Å². The highest BCUT2D eigenvalue weighted by molar-refractivity contribution is 5.69. The van der Waals surface area contributed by atoms with Crippen molar-refractivity contribution in [2.24, 2.45) is 16.7 Å². The number of carbonyl (C=O) groups excluding carboxylic acids is 1. The maximum Gasteiger partial charge on any atom is 0.306 e. The Labute approximate surface area is 111 Å². The van der Waals surface area contributed by atoms with E-state index in [0.29, 0.717) is 11.8 Å². The molecule has 2 heteroatoms. The minimum atomic E-state index is 0.0259. The van der Waals surface area contributed by atoms with Crippen LogP contribution in [0.1, 0.15) is 72.6 Å². The smallest absolute Gasteiger partial charge is 0.306 e. The summed E-state index contributed by atoms with van der Waals surface area (Å²) in [7, 11) is 0. The van der Waals surface area contributed by atoms with Crippen molar-refractivity contribution in [3.05, 3.63) is 0 Å². The monoisotopic (exact) mass is 252 g/mol. The van der Waals surface area contributed by atoms with Gasteiger partial charge in [-0.2, -0.15) is 0 Å². The average molecular weight is 252 g/mol. The Morgan fingerprint density at radius 3 is 2.50 bits per heavy atom. The molecule has 18 heavy (non-hydrogen) atoms. The maximum atomic E-state index is 11.9. The van der Waals surface area contributed by atoms with Gasteiger partial charge in [-0.05, 0) is 37.0 Å². The highest BCUT2D eigenvalue weighted by Crippen LogP contribution is 2.66. The minimum absolute atomic E-state index is 0.0259. The van der Waals surface area contributed by atoms with Gasteiger partial charge in [-0.3, -0.25) is 4.79 Å². The zero-order valence-corrected chi connectivity index (χ0v) is 12.4. The fraction of sp³-hybridized carbons (Fsp3) is 0.938. The number of esters is 1. The van der Waals surface area contributed by atoms with Crippen molar-refractivity contribution in [1.29, 1.82) is 0 Å². The first-order chi connectivity index (χ1) is 8.41. The molecule has 0 aromatic heterocycles. The molecule has 0 N–H and O–H groups in total. The summed E-state index contributed by atoms with van der Waals surface area (Å²) in [5, 5.41) is 0. The topological polar surface area (TPSA) is 26.3 Å². The molecule has 0 saturated heterocycles. The van der Waals surface area contributed by atoms with Crippen LogP contribution in [-0.2, 0) is 9.53 Å². The second-order valence-corrected chi connectivity index (χ2v) is 7.05. The molecule has 0 radical (unpaired) electrons. The summed E-state index contributed by atoms with van der Waals surface area (Å²) < 4.78 is 5.79. The van der Waals surface area contributed by atoms with E-state index in [-0.39, 0.29) is 17.5 Å². The van der Waals surface area contributed by atoms with Crippen LogP contribution in [0.25, 0.3) is 0 Å². The predicted octanol–water partition coefficient (Wildman–Crippen LogP) is 4.32. The number of ether oxygens (including phenoxy) is 1. The molecule has 2 fully saturated rings. The minimum Gasteiger partial charge on any atom is -0.462 e. The van der Waals surface area contributed by atoms with Gasteiger partial charge in [-0.15, -0.1) is 0 Å². The van der Waals surface area contributed by atoms with E-state index in [4.69, 9.17) is 4.74 Å². The third-order valence-electron chi connectivity index (χ3n) is 5.97. The third kappa shape index (κ3) is 2.08. The second kappa shape index (κ2) is 4.86. The van der Waals surface area contributed by atoms with Gasteiger partial charge in [0, 0.05) is 11.8 Å². The van der Waals surface area contributed by atoms with Gasteiger partial charge in [0.25, 0.3) is 0 Å². The standard InChI is InChI=1S/C16H28O2/c1-5-6-7-8-14(17)18-13-11-12-9-10-16(13,4)15(12,2)3/h12-13H,5-11H2,1-4H3/t12-,13-,16-/m0/s1. The van der Waals surface area contributed by atoms with E-state index < -0.39 is 0 Å². The lowest BCUT2D eigenvalue weighted by atomic mass is 9.70. The van der Waals surface area contributed by atoms with Gasteiger partial charge in [0.2, 0.25) is 0 Å². The van der Waals surface area contributed by atoms with Crippen LogP contribution in [0.4, 0.5) is 0 Å². The molecule has 104 valence electrons. The van der Waals surface area contributed by atoms with Gasteiger partial charge in [0.05, 0.1) is 0 Å². The summed E-state index contributed by atoms with van der Waals surface area (Å²) in [6, 6.07) is 0. The lowest BCUT2D eigenvalue weighted by Gasteiger charge is -2.38. The molecule has 0 heterocycles. The Morgan fingerprint density at radius 2 is 2.00 bits per heavy atom. The number of rotatable bonds is 5. The lowest BCUT2D eigenvalue weighted by molar-refractivity contribution is -0.157. The zero-order valence-electron chi connectivity index (χ0n) is 12.4. The predicted molar refractivity (Wildman–Crippen MR) is 73.3 cm³/mol.